The fourth-order valence-corrected chi connectivity index (χ4v) is 2.81. The minimum atomic E-state index is -0.591. The molecule has 0 amide bonds. The summed E-state index contributed by atoms with van der Waals surface area (Å²) < 4.78 is 5.55. The molecule has 0 spiro atoms. The summed E-state index contributed by atoms with van der Waals surface area (Å²) >= 11 is 0. The topological polar surface area (TPSA) is 43.4 Å². The predicted octanol–water partition coefficient (Wildman–Crippen LogP) is 3.48. The first-order chi connectivity index (χ1) is 9.50. The number of ketones is 1. The van der Waals surface area contributed by atoms with Gasteiger partial charge in [0.1, 0.15) is 0 Å². The highest BCUT2D eigenvalue weighted by atomic mass is 16.5. The minimum absolute atomic E-state index is 0.0152. The van der Waals surface area contributed by atoms with Crippen molar-refractivity contribution < 1.29 is 14.3 Å². The highest BCUT2D eigenvalue weighted by molar-refractivity contribution is 5.93. The zero-order valence-electron chi connectivity index (χ0n) is 12.3. The van der Waals surface area contributed by atoms with E-state index in [4.69, 9.17) is 4.74 Å². The molecule has 1 saturated carbocycles. The molecule has 0 radical (unpaired) electrons. The van der Waals surface area contributed by atoms with Gasteiger partial charge in [-0.3, -0.25) is 4.79 Å². The van der Waals surface area contributed by atoms with Crippen LogP contribution in [0.2, 0.25) is 0 Å². The van der Waals surface area contributed by atoms with Crippen LogP contribution in [0.15, 0.2) is 30.3 Å². The molecule has 0 saturated heterocycles. The van der Waals surface area contributed by atoms with Crippen molar-refractivity contribution in [1.29, 1.82) is 0 Å². The van der Waals surface area contributed by atoms with E-state index in [-0.39, 0.29) is 17.6 Å². The molecule has 2 rings (SSSR count). The second kappa shape index (κ2) is 6.21. The maximum atomic E-state index is 12.3. The van der Waals surface area contributed by atoms with Crippen LogP contribution in [-0.4, -0.2) is 17.9 Å². The van der Waals surface area contributed by atoms with Gasteiger partial charge >= 0.3 is 5.97 Å². The van der Waals surface area contributed by atoms with E-state index in [1.807, 2.05) is 13.0 Å². The van der Waals surface area contributed by atoms with E-state index in [1.165, 1.54) is 0 Å². The van der Waals surface area contributed by atoms with E-state index >= 15 is 0 Å². The number of benzene rings is 1. The molecule has 3 nitrogen and oxygen atoms in total. The maximum absolute atomic E-state index is 12.3. The molecule has 20 heavy (non-hydrogen) atoms. The summed E-state index contributed by atoms with van der Waals surface area (Å²) in [6.45, 7) is 6.08. The van der Waals surface area contributed by atoms with Gasteiger partial charge in [-0.15, -0.1) is 0 Å². The quantitative estimate of drug-likeness (QED) is 0.792. The fourth-order valence-electron chi connectivity index (χ4n) is 2.81. The molecule has 1 aromatic carbocycles. The number of hydrogen-bond donors (Lipinski definition) is 0. The Hall–Kier alpha value is -1.64. The summed E-state index contributed by atoms with van der Waals surface area (Å²) in [6.07, 6.45) is 1.24. The first-order valence-corrected chi connectivity index (χ1v) is 7.30. The van der Waals surface area contributed by atoms with Crippen molar-refractivity contribution in [3.63, 3.8) is 0 Å². The van der Waals surface area contributed by atoms with E-state index in [1.54, 1.807) is 24.3 Å². The van der Waals surface area contributed by atoms with Gasteiger partial charge in [-0.2, -0.15) is 0 Å². The Balaban J connectivity index is 2.15. The molecule has 0 unspecified atom stereocenters. The molecule has 1 aliphatic rings. The Morgan fingerprint density at radius 1 is 1.20 bits per heavy atom. The Morgan fingerprint density at radius 2 is 1.85 bits per heavy atom. The fraction of sp³-hybridized carbons (Fsp3) is 0.529. The van der Waals surface area contributed by atoms with Gasteiger partial charge in [0.25, 0.3) is 0 Å². The SMILES string of the molecule is CC(C)[C@@H]1CC[C@@H](C)C(=O)[C@H]1OC(=O)c1ccccc1. The monoisotopic (exact) mass is 274 g/mol. The van der Waals surface area contributed by atoms with Crippen LogP contribution in [0.5, 0.6) is 0 Å². The third-order valence-corrected chi connectivity index (χ3v) is 4.19. The Labute approximate surface area is 120 Å². The van der Waals surface area contributed by atoms with E-state index < -0.39 is 12.1 Å². The van der Waals surface area contributed by atoms with Gasteiger partial charge < -0.3 is 4.74 Å². The Kier molecular flexibility index (Phi) is 4.58. The largest absolute Gasteiger partial charge is 0.450 e. The number of hydrogen-bond acceptors (Lipinski definition) is 3. The van der Waals surface area contributed by atoms with Crippen LogP contribution in [0.4, 0.5) is 0 Å². The van der Waals surface area contributed by atoms with Crippen LogP contribution >= 0.6 is 0 Å². The molecule has 3 heteroatoms. The van der Waals surface area contributed by atoms with Crippen LogP contribution in [0, 0.1) is 17.8 Å². The average molecular weight is 274 g/mol. The molecular formula is C17H22O3. The maximum Gasteiger partial charge on any atom is 0.338 e. The smallest absolute Gasteiger partial charge is 0.338 e. The van der Waals surface area contributed by atoms with Gasteiger partial charge in [-0.25, -0.2) is 4.79 Å². The van der Waals surface area contributed by atoms with Crippen molar-refractivity contribution >= 4 is 11.8 Å². The van der Waals surface area contributed by atoms with Crippen molar-refractivity contribution in [2.24, 2.45) is 17.8 Å². The van der Waals surface area contributed by atoms with E-state index in [0.29, 0.717) is 11.5 Å². The molecule has 0 N–H and O–H groups in total. The average Bonchev–Trinajstić information content (AvgIpc) is 2.44. The molecule has 0 aromatic heterocycles. The number of rotatable bonds is 3. The van der Waals surface area contributed by atoms with Crippen molar-refractivity contribution in [1.82, 2.24) is 0 Å². The van der Waals surface area contributed by atoms with Crippen molar-refractivity contribution in [3.8, 4) is 0 Å². The minimum Gasteiger partial charge on any atom is -0.450 e. The van der Waals surface area contributed by atoms with Crippen LogP contribution in [0.25, 0.3) is 0 Å². The summed E-state index contributed by atoms with van der Waals surface area (Å²) in [7, 11) is 0. The summed E-state index contributed by atoms with van der Waals surface area (Å²) in [4.78, 5) is 24.5. The van der Waals surface area contributed by atoms with Gasteiger partial charge in [-0.05, 0) is 30.9 Å². The Bertz CT molecular complexity index is 478. The van der Waals surface area contributed by atoms with Crippen LogP contribution in [0.1, 0.15) is 44.0 Å². The molecule has 1 fully saturated rings. The van der Waals surface area contributed by atoms with Gasteiger partial charge in [0.2, 0.25) is 0 Å². The summed E-state index contributed by atoms with van der Waals surface area (Å²) in [6, 6.07) is 8.86. The molecular weight excluding hydrogens is 252 g/mol. The number of carbonyl (C=O) groups is 2. The molecule has 1 aliphatic carbocycles. The van der Waals surface area contributed by atoms with E-state index in [0.717, 1.165) is 12.8 Å². The lowest BCUT2D eigenvalue weighted by Gasteiger charge is -2.35. The van der Waals surface area contributed by atoms with Gasteiger partial charge in [0.05, 0.1) is 5.56 Å². The first kappa shape index (κ1) is 14.8. The lowest BCUT2D eigenvalue weighted by Crippen LogP contribution is -2.43. The van der Waals surface area contributed by atoms with Crippen molar-refractivity contribution in [3.05, 3.63) is 35.9 Å². The zero-order chi connectivity index (χ0) is 14.7. The van der Waals surface area contributed by atoms with Crippen LogP contribution in [-0.2, 0) is 9.53 Å². The molecule has 0 aliphatic heterocycles. The molecule has 0 bridgehead atoms. The molecule has 1 aromatic rings. The number of carbonyl (C=O) groups excluding carboxylic acids is 2. The van der Waals surface area contributed by atoms with Crippen LogP contribution < -0.4 is 0 Å². The first-order valence-electron chi connectivity index (χ1n) is 7.30. The third kappa shape index (κ3) is 3.09. The normalized spacial score (nSPS) is 26.6. The molecule has 108 valence electrons. The third-order valence-electron chi connectivity index (χ3n) is 4.19. The van der Waals surface area contributed by atoms with Gasteiger partial charge in [-0.1, -0.05) is 39.0 Å². The van der Waals surface area contributed by atoms with Crippen LogP contribution in [0.3, 0.4) is 0 Å². The second-order valence-electron chi connectivity index (χ2n) is 5.98. The summed E-state index contributed by atoms with van der Waals surface area (Å²) in [5.41, 5.74) is 0.501. The zero-order valence-corrected chi connectivity index (χ0v) is 12.3. The molecule has 3 atom stereocenters. The highest BCUT2D eigenvalue weighted by Gasteiger charge is 2.40. The van der Waals surface area contributed by atoms with E-state index in [9.17, 15) is 9.59 Å². The number of ether oxygens (including phenoxy) is 1. The van der Waals surface area contributed by atoms with Crippen molar-refractivity contribution in [2.45, 2.75) is 39.7 Å². The number of Topliss-reactive ketones (excluding diaryl/α,β-unsaturated/α-hetero) is 1. The summed E-state index contributed by atoms with van der Waals surface area (Å²) in [5.74, 6) is 0.118. The second-order valence-corrected chi connectivity index (χ2v) is 5.98. The van der Waals surface area contributed by atoms with Crippen molar-refractivity contribution in [2.75, 3.05) is 0 Å². The van der Waals surface area contributed by atoms with Gasteiger partial charge in [0, 0.05) is 11.8 Å². The number of esters is 1. The summed E-state index contributed by atoms with van der Waals surface area (Å²) in [5, 5.41) is 0. The predicted molar refractivity (Wildman–Crippen MR) is 77.4 cm³/mol. The van der Waals surface area contributed by atoms with E-state index in [2.05, 4.69) is 13.8 Å². The lowest BCUT2D eigenvalue weighted by atomic mass is 9.74. The highest BCUT2D eigenvalue weighted by Crippen LogP contribution is 2.33. The van der Waals surface area contributed by atoms with Gasteiger partial charge in [0.15, 0.2) is 11.9 Å². The lowest BCUT2D eigenvalue weighted by molar-refractivity contribution is -0.139. The Morgan fingerprint density at radius 3 is 2.45 bits per heavy atom. The standard InChI is InChI=1S/C17H22O3/c1-11(2)14-10-9-12(3)15(18)16(14)20-17(19)13-7-5-4-6-8-13/h4-8,11-12,14,16H,9-10H2,1-3H3/t12-,14+,16+/m1/s1. The molecule has 0 heterocycles.